The molecule has 3 N–H and O–H groups in total. The van der Waals surface area contributed by atoms with Crippen molar-refractivity contribution in [3.8, 4) is 0 Å². The molecule has 2 atom stereocenters. The van der Waals surface area contributed by atoms with Crippen LogP contribution in [0.15, 0.2) is 12.4 Å². The summed E-state index contributed by atoms with van der Waals surface area (Å²) >= 11 is 4.87. The zero-order valence-electron chi connectivity index (χ0n) is 9.14. The normalized spacial score (nSPS) is 14.1. The van der Waals surface area contributed by atoms with Crippen molar-refractivity contribution in [1.29, 1.82) is 0 Å². The van der Waals surface area contributed by atoms with Crippen LogP contribution >= 0.6 is 12.2 Å². The molecule has 0 aliphatic rings. The van der Waals surface area contributed by atoms with Gasteiger partial charge in [0, 0.05) is 41.2 Å². The van der Waals surface area contributed by atoms with Crippen LogP contribution in [0, 0.1) is 0 Å². The number of hydrogen-bond donors (Lipinski definition) is 2. The Morgan fingerprint density at radius 2 is 2.25 bits per heavy atom. The van der Waals surface area contributed by atoms with Crippen molar-refractivity contribution in [1.82, 2.24) is 9.97 Å². The van der Waals surface area contributed by atoms with E-state index in [2.05, 4.69) is 15.3 Å². The number of thiocarbonyl (C=S) groups is 1. The van der Waals surface area contributed by atoms with Crippen molar-refractivity contribution in [2.24, 2.45) is 5.73 Å². The molecule has 16 heavy (non-hydrogen) atoms. The molecule has 0 amide bonds. The van der Waals surface area contributed by atoms with E-state index in [1.807, 2.05) is 6.92 Å². The van der Waals surface area contributed by atoms with Gasteiger partial charge >= 0.3 is 0 Å². The quantitative estimate of drug-likeness (QED) is 0.739. The highest BCUT2D eigenvalue weighted by Gasteiger charge is 2.11. The Morgan fingerprint density at radius 1 is 1.62 bits per heavy atom. The molecule has 2 unspecified atom stereocenters. The first-order valence-electron chi connectivity index (χ1n) is 4.68. The molecule has 0 aromatic carbocycles. The predicted octanol–water partition coefficient (Wildman–Crippen LogP) is 0.290. The summed E-state index contributed by atoms with van der Waals surface area (Å²) in [6, 6.07) is 0.0237. The highest BCUT2D eigenvalue weighted by molar-refractivity contribution is 7.84. The Kier molecular flexibility index (Phi) is 4.75. The summed E-state index contributed by atoms with van der Waals surface area (Å²) in [5, 5.41) is 3.09. The van der Waals surface area contributed by atoms with Gasteiger partial charge in [0.05, 0.1) is 0 Å². The van der Waals surface area contributed by atoms with Gasteiger partial charge in [0.1, 0.15) is 10.7 Å². The van der Waals surface area contributed by atoms with Gasteiger partial charge in [-0.3, -0.25) is 4.21 Å². The molecule has 5 nitrogen and oxygen atoms in total. The number of hydrogen-bond acceptors (Lipinski definition) is 5. The summed E-state index contributed by atoms with van der Waals surface area (Å²) in [6.07, 6.45) is 4.74. The Labute approximate surface area is 102 Å². The highest BCUT2D eigenvalue weighted by atomic mass is 32.2. The van der Waals surface area contributed by atoms with Crippen molar-refractivity contribution in [3.63, 3.8) is 0 Å². The molecular weight excluding hydrogens is 244 g/mol. The van der Waals surface area contributed by atoms with Gasteiger partial charge in [0.15, 0.2) is 5.82 Å². The number of nitrogens with one attached hydrogen (secondary N) is 1. The zero-order valence-corrected chi connectivity index (χ0v) is 10.8. The molecule has 1 aromatic heterocycles. The van der Waals surface area contributed by atoms with Crippen LogP contribution in [0.2, 0.25) is 0 Å². The second kappa shape index (κ2) is 5.86. The molecule has 7 heteroatoms. The first kappa shape index (κ1) is 13.0. The standard InChI is InChI=1S/C9H14N4OS2/c1-6(5-16(2)14)13-9-7(8(10)15)11-3-4-12-9/h3-4,6H,5H2,1-2H3,(H2,10,15)(H,12,13). The number of nitrogens with zero attached hydrogens (tertiary/aromatic N) is 2. The molecule has 1 aromatic rings. The smallest absolute Gasteiger partial charge is 0.155 e. The van der Waals surface area contributed by atoms with Gasteiger partial charge < -0.3 is 11.1 Å². The summed E-state index contributed by atoms with van der Waals surface area (Å²) < 4.78 is 11.0. The van der Waals surface area contributed by atoms with Crippen molar-refractivity contribution in [2.75, 3.05) is 17.3 Å². The maximum absolute atomic E-state index is 11.0. The molecular formula is C9H14N4OS2. The van der Waals surface area contributed by atoms with Gasteiger partial charge in [-0.1, -0.05) is 12.2 Å². The van der Waals surface area contributed by atoms with E-state index in [4.69, 9.17) is 18.0 Å². The summed E-state index contributed by atoms with van der Waals surface area (Å²) in [6.45, 7) is 1.92. The van der Waals surface area contributed by atoms with Crippen LogP contribution in [0.3, 0.4) is 0 Å². The Bertz CT molecular complexity index is 410. The lowest BCUT2D eigenvalue weighted by Crippen LogP contribution is -2.25. The first-order valence-corrected chi connectivity index (χ1v) is 6.81. The lowest BCUT2D eigenvalue weighted by molar-refractivity contribution is 0.683. The van der Waals surface area contributed by atoms with Gasteiger partial charge in [-0.2, -0.15) is 0 Å². The Hall–Kier alpha value is -1.08. The molecule has 0 saturated heterocycles. The van der Waals surface area contributed by atoms with Crippen LogP contribution in [0.25, 0.3) is 0 Å². The van der Waals surface area contributed by atoms with Crippen LogP contribution in [0.1, 0.15) is 12.6 Å². The average Bonchev–Trinajstić information content (AvgIpc) is 2.16. The molecule has 88 valence electrons. The Balaban J connectivity index is 2.80. The maximum atomic E-state index is 11.0. The van der Waals surface area contributed by atoms with E-state index in [1.54, 1.807) is 12.5 Å². The average molecular weight is 258 g/mol. The van der Waals surface area contributed by atoms with E-state index in [0.717, 1.165) is 0 Å². The van der Waals surface area contributed by atoms with E-state index in [-0.39, 0.29) is 11.0 Å². The highest BCUT2D eigenvalue weighted by Crippen LogP contribution is 2.09. The molecule has 0 aliphatic heterocycles. The van der Waals surface area contributed by atoms with Crippen molar-refractivity contribution >= 4 is 33.8 Å². The molecule has 0 spiro atoms. The predicted molar refractivity (Wildman–Crippen MR) is 69.9 cm³/mol. The van der Waals surface area contributed by atoms with Gasteiger partial charge in [-0.25, -0.2) is 9.97 Å². The lowest BCUT2D eigenvalue weighted by Gasteiger charge is -2.14. The minimum absolute atomic E-state index is 0.0237. The summed E-state index contributed by atoms with van der Waals surface area (Å²) in [5.74, 6) is 1.07. The molecule has 0 bridgehead atoms. The van der Waals surface area contributed by atoms with E-state index >= 15 is 0 Å². The first-order chi connectivity index (χ1) is 7.50. The second-order valence-electron chi connectivity index (χ2n) is 3.40. The van der Waals surface area contributed by atoms with Crippen molar-refractivity contribution < 1.29 is 4.21 Å². The van der Waals surface area contributed by atoms with Crippen LogP contribution in [-0.4, -0.2) is 37.2 Å². The topological polar surface area (TPSA) is 80.9 Å². The number of rotatable bonds is 5. The van der Waals surface area contributed by atoms with Crippen LogP contribution in [-0.2, 0) is 10.8 Å². The van der Waals surface area contributed by atoms with Crippen LogP contribution in [0.4, 0.5) is 5.82 Å². The largest absolute Gasteiger partial charge is 0.388 e. The van der Waals surface area contributed by atoms with Crippen LogP contribution in [0.5, 0.6) is 0 Å². The molecule has 1 heterocycles. The van der Waals surface area contributed by atoms with Gasteiger partial charge in [-0.15, -0.1) is 0 Å². The Morgan fingerprint density at radius 3 is 2.81 bits per heavy atom. The third kappa shape index (κ3) is 3.82. The molecule has 0 fully saturated rings. The third-order valence-corrected chi connectivity index (χ3v) is 2.96. The fraction of sp³-hybridized carbons (Fsp3) is 0.444. The van der Waals surface area contributed by atoms with E-state index < -0.39 is 10.8 Å². The summed E-state index contributed by atoms with van der Waals surface area (Å²) in [7, 11) is -0.861. The minimum Gasteiger partial charge on any atom is -0.388 e. The third-order valence-electron chi connectivity index (χ3n) is 1.80. The van der Waals surface area contributed by atoms with Crippen molar-refractivity contribution in [3.05, 3.63) is 18.1 Å². The SMILES string of the molecule is CC(CS(C)=O)Nc1nccnc1C(N)=S. The van der Waals surface area contributed by atoms with Crippen LogP contribution < -0.4 is 11.1 Å². The van der Waals surface area contributed by atoms with Crippen molar-refractivity contribution in [2.45, 2.75) is 13.0 Å². The van der Waals surface area contributed by atoms with Gasteiger partial charge in [0.2, 0.25) is 0 Å². The van der Waals surface area contributed by atoms with E-state index in [0.29, 0.717) is 17.3 Å². The monoisotopic (exact) mass is 258 g/mol. The molecule has 0 aliphatic carbocycles. The maximum Gasteiger partial charge on any atom is 0.155 e. The van der Waals surface area contributed by atoms with E-state index in [9.17, 15) is 4.21 Å². The molecule has 0 radical (unpaired) electrons. The van der Waals surface area contributed by atoms with Gasteiger partial charge in [-0.05, 0) is 6.92 Å². The molecule has 0 saturated carbocycles. The lowest BCUT2D eigenvalue weighted by atomic mass is 10.3. The fourth-order valence-electron chi connectivity index (χ4n) is 1.25. The second-order valence-corrected chi connectivity index (χ2v) is 5.32. The van der Waals surface area contributed by atoms with Gasteiger partial charge in [0.25, 0.3) is 0 Å². The van der Waals surface area contributed by atoms with E-state index in [1.165, 1.54) is 6.20 Å². The number of nitrogens with two attached hydrogens (primary N) is 1. The number of anilines is 1. The number of aromatic nitrogens is 2. The molecule has 1 rings (SSSR count). The fourth-order valence-corrected chi connectivity index (χ4v) is 2.19. The summed E-state index contributed by atoms with van der Waals surface area (Å²) in [5.41, 5.74) is 5.98. The zero-order chi connectivity index (χ0) is 12.1. The summed E-state index contributed by atoms with van der Waals surface area (Å²) in [4.78, 5) is 8.35. The minimum atomic E-state index is -0.861.